The van der Waals surface area contributed by atoms with E-state index in [1.807, 2.05) is 0 Å². The summed E-state index contributed by atoms with van der Waals surface area (Å²) in [5.74, 6) is -2.46. The van der Waals surface area contributed by atoms with Gasteiger partial charge in [-0.15, -0.1) is 0 Å². The van der Waals surface area contributed by atoms with Crippen LogP contribution in [0.4, 0.5) is 4.79 Å². The topological polar surface area (TPSA) is 90.9 Å². The van der Waals surface area contributed by atoms with E-state index in [9.17, 15) is 14.4 Å². The molecule has 3 aliphatic heterocycles. The lowest BCUT2D eigenvalue weighted by molar-refractivity contribution is -0.158. The van der Waals surface area contributed by atoms with Crippen LogP contribution in [0.25, 0.3) is 0 Å². The van der Waals surface area contributed by atoms with E-state index in [0.29, 0.717) is 0 Å². The van der Waals surface area contributed by atoms with Crippen LogP contribution in [0.1, 0.15) is 20.8 Å². The SMILES string of the molecule is CC(C)(C)OC(=O)NC[C@]12C=C[C@H](O1)[C@@H]1C(=O)OC(=O)[C@@H]12. The third kappa shape index (κ3) is 2.21. The second-order valence-electron chi connectivity index (χ2n) is 6.50. The van der Waals surface area contributed by atoms with Crippen LogP contribution in [0.3, 0.4) is 0 Å². The van der Waals surface area contributed by atoms with Crippen molar-refractivity contribution < 1.29 is 28.6 Å². The third-order valence-electron chi connectivity index (χ3n) is 3.80. The second kappa shape index (κ2) is 4.30. The lowest BCUT2D eigenvalue weighted by atomic mass is 9.77. The molecule has 0 aromatic heterocycles. The molecule has 2 fully saturated rings. The Bertz CT molecular complexity index is 548. The van der Waals surface area contributed by atoms with Gasteiger partial charge in [-0.1, -0.05) is 12.2 Å². The number of hydrogen-bond acceptors (Lipinski definition) is 6. The number of alkyl carbamates (subject to hydrolysis) is 1. The van der Waals surface area contributed by atoms with E-state index in [4.69, 9.17) is 9.47 Å². The second-order valence-corrected chi connectivity index (χ2v) is 6.50. The first-order valence-electron chi connectivity index (χ1n) is 6.81. The van der Waals surface area contributed by atoms with Gasteiger partial charge < -0.3 is 19.5 Å². The van der Waals surface area contributed by atoms with Gasteiger partial charge in [0, 0.05) is 0 Å². The molecule has 0 saturated carbocycles. The number of carbonyl (C=O) groups is 3. The minimum absolute atomic E-state index is 0.0540. The standard InChI is InChI=1S/C14H17NO6/c1-13(2,3)21-12(18)15-6-14-5-4-7(20-14)8-9(14)11(17)19-10(8)16/h4-5,7-9H,6H2,1-3H3,(H,15,18)/t7-,8-,9+,14-/m0/s1. The van der Waals surface area contributed by atoms with Crippen molar-refractivity contribution in [2.45, 2.75) is 38.1 Å². The number of esters is 2. The molecule has 1 N–H and O–H groups in total. The maximum atomic E-state index is 11.8. The summed E-state index contributed by atoms with van der Waals surface area (Å²) in [7, 11) is 0. The molecular weight excluding hydrogens is 278 g/mol. The summed E-state index contributed by atoms with van der Waals surface area (Å²) < 4.78 is 15.6. The molecule has 21 heavy (non-hydrogen) atoms. The highest BCUT2D eigenvalue weighted by atomic mass is 16.6. The van der Waals surface area contributed by atoms with Crippen molar-refractivity contribution in [1.82, 2.24) is 5.32 Å². The number of carbonyl (C=O) groups excluding carboxylic acids is 3. The number of fused-ring (bicyclic) bond motifs is 5. The molecule has 3 heterocycles. The lowest BCUT2D eigenvalue weighted by Gasteiger charge is -2.28. The largest absolute Gasteiger partial charge is 0.444 e. The molecule has 0 unspecified atom stereocenters. The van der Waals surface area contributed by atoms with Gasteiger partial charge in [0.25, 0.3) is 0 Å². The van der Waals surface area contributed by atoms with Crippen molar-refractivity contribution >= 4 is 18.0 Å². The summed E-state index contributed by atoms with van der Waals surface area (Å²) in [5.41, 5.74) is -1.63. The normalized spacial score (nSPS) is 36.6. The van der Waals surface area contributed by atoms with Crippen molar-refractivity contribution in [3.8, 4) is 0 Å². The predicted octanol–water partition coefficient (Wildman–Crippen LogP) is 0.534. The van der Waals surface area contributed by atoms with E-state index in [1.54, 1.807) is 32.9 Å². The van der Waals surface area contributed by atoms with E-state index in [0.717, 1.165) is 0 Å². The molecule has 0 aromatic carbocycles. The van der Waals surface area contributed by atoms with Crippen molar-refractivity contribution in [2.75, 3.05) is 6.54 Å². The highest BCUT2D eigenvalue weighted by molar-refractivity contribution is 5.99. The van der Waals surface area contributed by atoms with Crippen LogP contribution in [0, 0.1) is 11.8 Å². The van der Waals surface area contributed by atoms with Crippen molar-refractivity contribution in [2.24, 2.45) is 11.8 Å². The molecule has 7 heteroatoms. The van der Waals surface area contributed by atoms with Gasteiger partial charge in [0.2, 0.25) is 0 Å². The minimum Gasteiger partial charge on any atom is -0.444 e. The molecule has 0 radical (unpaired) electrons. The molecule has 4 atom stereocenters. The molecule has 0 aliphatic carbocycles. The first-order valence-corrected chi connectivity index (χ1v) is 6.81. The average molecular weight is 295 g/mol. The van der Waals surface area contributed by atoms with E-state index >= 15 is 0 Å². The Hall–Kier alpha value is -1.89. The van der Waals surface area contributed by atoms with Crippen LogP contribution in [-0.4, -0.2) is 41.9 Å². The van der Waals surface area contributed by atoms with Crippen LogP contribution in [-0.2, 0) is 23.8 Å². The Morgan fingerprint density at radius 3 is 2.76 bits per heavy atom. The molecule has 3 aliphatic rings. The van der Waals surface area contributed by atoms with E-state index in [-0.39, 0.29) is 6.54 Å². The van der Waals surface area contributed by atoms with Crippen LogP contribution in [0.5, 0.6) is 0 Å². The molecule has 2 saturated heterocycles. The van der Waals surface area contributed by atoms with Gasteiger partial charge in [0.05, 0.1) is 12.6 Å². The molecule has 0 aromatic rings. The average Bonchev–Trinajstić information content (AvgIpc) is 2.97. The molecule has 7 nitrogen and oxygen atoms in total. The van der Waals surface area contributed by atoms with Crippen LogP contribution >= 0.6 is 0 Å². The number of amides is 1. The highest BCUT2D eigenvalue weighted by Crippen LogP contribution is 2.50. The van der Waals surface area contributed by atoms with Gasteiger partial charge in [-0.25, -0.2) is 4.79 Å². The Balaban J connectivity index is 1.71. The Labute approximate surface area is 121 Å². The zero-order valence-corrected chi connectivity index (χ0v) is 12.0. The Morgan fingerprint density at radius 2 is 2.10 bits per heavy atom. The number of nitrogens with one attached hydrogen (secondary N) is 1. The fourth-order valence-corrected chi connectivity index (χ4v) is 3.04. The maximum Gasteiger partial charge on any atom is 0.407 e. The Kier molecular flexibility index (Phi) is 2.88. The fraction of sp³-hybridized carbons (Fsp3) is 0.643. The smallest absolute Gasteiger partial charge is 0.407 e. The molecule has 1 amide bonds. The summed E-state index contributed by atoms with van der Waals surface area (Å²) in [5, 5.41) is 2.59. The van der Waals surface area contributed by atoms with Gasteiger partial charge in [-0.2, -0.15) is 0 Å². The summed E-state index contributed by atoms with van der Waals surface area (Å²) in [6.07, 6.45) is 2.39. The maximum absolute atomic E-state index is 11.8. The molecule has 3 rings (SSSR count). The summed E-state index contributed by atoms with van der Waals surface area (Å²) in [6.45, 7) is 5.32. The van der Waals surface area contributed by atoms with Crippen molar-refractivity contribution in [1.29, 1.82) is 0 Å². The number of hydrogen-bond donors (Lipinski definition) is 1. The lowest BCUT2D eigenvalue weighted by Crippen LogP contribution is -2.48. The fourth-order valence-electron chi connectivity index (χ4n) is 3.04. The van der Waals surface area contributed by atoms with E-state index in [2.05, 4.69) is 10.1 Å². The predicted molar refractivity (Wildman–Crippen MR) is 69.1 cm³/mol. The summed E-state index contributed by atoms with van der Waals surface area (Å²) >= 11 is 0. The van der Waals surface area contributed by atoms with Crippen LogP contribution in [0.15, 0.2) is 12.2 Å². The zero-order chi connectivity index (χ0) is 15.4. The summed E-state index contributed by atoms with van der Waals surface area (Å²) in [4.78, 5) is 35.2. The van der Waals surface area contributed by atoms with Crippen molar-refractivity contribution in [3.63, 3.8) is 0 Å². The van der Waals surface area contributed by atoms with E-state index < -0.39 is 47.2 Å². The molecule has 114 valence electrons. The van der Waals surface area contributed by atoms with Crippen molar-refractivity contribution in [3.05, 3.63) is 12.2 Å². The first kappa shape index (κ1) is 14.1. The summed E-state index contributed by atoms with van der Waals surface area (Å²) in [6, 6.07) is 0. The van der Waals surface area contributed by atoms with Gasteiger partial charge in [0.1, 0.15) is 23.0 Å². The van der Waals surface area contributed by atoms with Crippen LogP contribution < -0.4 is 5.32 Å². The minimum atomic E-state index is -1.02. The van der Waals surface area contributed by atoms with Gasteiger partial charge in [0.15, 0.2) is 0 Å². The van der Waals surface area contributed by atoms with Gasteiger partial charge >= 0.3 is 18.0 Å². The molecular formula is C14H17NO6. The quantitative estimate of drug-likeness (QED) is 0.454. The first-order chi connectivity index (χ1) is 9.72. The zero-order valence-electron chi connectivity index (χ0n) is 12.0. The number of rotatable bonds is 2. The molecule has 2 bridgehead atoms. The number of ether oxygens (including phenoxy) is 3. The van der Waals surface area contributed by atoms with Gasteiger partial charge in [-0.05, 0) is 20.8 Å². The number of cyclic esters (lactones) is 2. The van der Waals surface area contributed by atoms with Crippen LogP contribution in [0.2, 0.25) is 0 Å². The third-order valence-corrected chi connectivity index (χ3v) is 3.80. The van der Waals surface area contributed by atoms with E-state index in [1.165, 1.54) is 0 Å². The highest BCUT2D eigenvalue weighted by Gasteiger charge is 2.67. The monoisotopic (exact) mass is 295 g/mol. The molecule has 0 spiro atoms. The Morgan fingerprint density at radius 1 is 1.38 bits per heavy atom. The van der Waals surface area contributed by atoms with Gasteiger partial charge in [-0.3, -0.25) is 9.59 Å².